The highest BCUT2D eigenvalue weighted by Gasteiger charge is 2.13. The molecule has 132 valence electrons. The molecule has 5 nitrogen and oxygen atoms in total. The van der Waals surface area contributed by atoms with Crippen molar-refractivity contribution >= 4 is 44.3 Å². The van der Waals surface area contributed by atoms with Crippen LogP contribution in [0.3, 0.4) is 0 Å². The van der Waals surface area contributed by atoms with E-state index < -0.39 is 11.9 Å². The number of rotatable bonds is 5. The predicted molar refractivity (Wildman–Crippen MR) is 104 cm³/mol. The number of carbonyl (C=O) groups excluding carboxylic acids is 2. The topological polar surface area (TPSA) is 64.6 Å². The van der Waals surface area contributed by atoms with E-state index in [1.54, 1.807) is 18.2 Å². The molecule has 0 unspecified atom stereocenters. The van der Waals surface area contributed by atoms with Crippen LogP contribution in [0.4, 0.5) is 5.69 Å². The smallest absolute Gasteiger partial charge is 0.338 e. The third kappa shape index (κ3) is 4.03. The van der Waals surface area contributed by atoms with Gasteiger partial charge in [0.2, 0.25) is 0 Å². The lowest BCUT2D eigenvalue weighted by molar-refractivity contribution is -0.119. The summed E-state index contributed by atoms with van der Waals surface area (Å²) in [4.78, 5) is 24.2. The van der Waals surface area contributed by atoms with Gasteiger partial charge in [-0.05, 0) is 45.6 Å². The number of ether oxygens (including phenoxy) is 2. The molecule has 3 aromatic rings. The lowest BCUT2D eigenvalue weighted by Crippen LogP contribution is -2.21. The molecule has 1 amide bonds. The quantitative estimate of drug-likeness (QED) is 0.629. The van der Waals surface area contributed by atoms with Crippen LogP contribution in [0.25, 0.3) is 10.8 Å². The number of carbonyl (C=O) groups is 2. The Morgan fingerprint density at radius 1 is 1.04 bits per heavy atom. The molecule has 0 radical (unpaired) electrons. The van der Waals surface area contributed by atoms with Crippen molar-refractivity contribution in [3.05, 3.63) is 70.7 Å². The van der Waals surface area contributed by atoms with E-state index in [0.717, 1.165) is 10.8 Å². The second-order valence-electron chi connectivity index (χ2n) is 5.50. The van der Waals surface area contributed by atoms with Gasteiger partial charge in [0.15, 0.2) is 6.61 Å². The second-order valence-corrected chi connectivity index (χ2v) is 6.35. The molecule has 0 bridgehead atoms. The molecule has 0 atom stereocenters. The van der Waals surface area contributed by atoms with Crippen LogP contribution in [0.15, 0.2) is 65.1 Å². The average molecular weight is 414 g/mol. The van der Waals surface area contributed by atoms with E-state index in [-0.39, 0.29) is 6.61 Å². The normalized spacial score (nSPS) is 10.4. The maximum Gasteiger partial charge on any atom is 0.338 e. The summed E-state index contributed by atoms with van der Waals surface area (Å²) in [5, 5.41) is 4.72. The van der Waals surface area contributed by atoms with Crippen LogP contribution in [0.1, 0.15) is 10.4 Å². The molecule has 0 aromatic heterocycles. The fraction of sp³-hybridized carbons (Fsp3) is 0.100. The summed E-state index contributed by atoms with van der Waals surface area (Å²) in [6.07, 6.45) is 0. The summed E-state index contributed by atoms with van der Waals surface area (Å²) in [5.74, 6) is -0.376. The van der Waals surface area contributed by atoms with Gasteiger partial charge in [-0.1, -0.05) is 36.4 Å². The summed E-state index contributed by atoms with van der Waals surface area (Å²) < 4.78 is 10.8. The summed E-state index contributed by atoms with van der Waals surface area (Å²) in [6, 6.07) is 18.2. The van der Waals surface area contributed by atoms with Gasteiger partial charge in [0.1, 0.15) is 5.75 Å². The van der Waals surface area contributed by atoms with Gasteiger partial charge >= 0.3 is 5.97 Å². The van der Waals surface area contributed by atoms with E-state index in [2.05, 4.69) is 21.2 Å². The molecule has 0 heterocycles. The van der Waals surface area contributed by atoms with Crippen molar-refractivity contribution in [3.8, 4) is 5.75 Å². The highest BCUT2D eigenvalue weighted by atomic mass is 79.9. The molecular weight excluding hydrogens is 398 g/mol. The molecule has 0 saturated heterocycles. The largest absolute Gasteiger partial charge is 0.496 e. The maximum absolute atomic E-state index is 12.1. The minimum atomic E-state index is -0.582. The van der Waals surface area contributed by atoms with Crippen LogP contribution in [0.2, 0.25) is 0 Å². The summed E-state index contributed by atoms with van der Waals surface area (Å²) in [5.41, 5.74) is 1.01. The number of halogens is 1. The molecule has 0 aliphatic heterocycles. The lowest BCUT2D eigenvalue weighted by Gasteiger charge is -2.10. The van der Waals surface area contributed by atoms with Crippen molar-refractivity contribution in [1.82, 2.24) is 0 Å². The lowest BCUT2D eigenvalue weighted by atomic mass is 10.1. The molecule has 0 saturated carbocycles. The number of nitrogens with one attached hydrogen (secondary N) is 1. The van der Waals surface area contributed by atoms with Crippen LogP contribution in [0.5, 0.6) is 5.75 Å². The number of benzene rings is 3. The SMILES string of the molecule is COc1ccc(C(=O)OCC(=O)Nc2cccc3ccccc23)cc1Br. The van der Waals surface area contributed by atoms with Gasteiger partial charge in [0.05, 0.1) is 17.1 Å². The van der Waals surface area contributed by atoms with E-state index in [9.17, 15) is 9.59 Å². The van der Waals surface area contributed by atoms with Crippen LogP contribution >= 0.6 is 15.9 Å². The van der Waals surface area contributed by atoms with E-state index >= 15 is 0 Å². The third-order valence-corrected chi connectivity index (χ3v) is 4.41. The van der Waals surface area contributed by atoms with Gasteiger partial charge in [-0.3, -0.25) is 4.79 Å². The van der Waals surface area contributed by atoms with Gasteiger partial charge < -0.3 is 14.8 Å². The van der Waals surface area contributed by atoms with Gasteiger partial charge in [-0.2, -0.15) is 0 Å². The average Bonchev–Trinajstić information content (AvgIpc) is 2.66. The first kappa shape index (κ1) is 17.9. The van der Waals surface area contributed by atoms with Crippen molar-refractivity contribution in [3.63, 3.8) is 0 Å². The second kappa shape index (κ2) is 8.01. The number of fused-ring (bicyclic) bond motifs is 1. The minimum Gasteiger partial charge on any atom is -0.496 e. The summed E-state index contributed by atoms with van der Waals surface area (Å²) in [6.45, 7) is -0.369. The number of hydrogen-bond acceptors (Lipinski definition) is 4. The number of methoxy groups -OCH3 is 1. The number of anilines is 1. The van der Waals surface area contributed by atoms with Crippen LogP contribution in [-0.4, -0.2) is 25.6 Å². The molecule has 0 fully saturated rings. The number of esters is 1. The monoisotopic (exact) mass is 413 g/mol. The van der Waals surface area contributed by atoms with E-state index in [1.807, 2.05) is 42.5 Å². The maximum atomic E-state index is 12.1. The molecule has 3 rings (SSSR count). The number of hydrogen-bond donors (Lipinski definition) is 1. The molecule has 0 aliphatic rings. The van der Waals surface area contributed by atoms with E-state index in [1.165, 1.54) is 7.11 Å². The highest BCUT2D eigenvalue weighted by Crippen LogP contribution is 2.26. The molecular formula is C20H16BrNO4. The Labute approximate surface area is 159 Å². The van der Waals surface area contributed by atoms with Gasteiger partial charge in [0.25, 0.3) is 5.91 Å². The first-order chi connectivity index (χ1) is 12.6. The molecule has 1 N–H and O–H groups in total. The Kier molecular flexibility index (Phi) is 5.53. The Balaban J connectivity index is 1.63. The van der Waals surface area contributed by atoms with Crippen LogP contribution < -0.4 is 10.1 Å². The van der Waals surface area contributed by atoms with Crippen molar-refractivity contribution in [1.29, 1.82) is 0 Å². The first-order valence-electron chi connectivity index (χ1n) is 7.87. The zero-order valence-corrected chi connectivity index (χ0v) is 15.6. The number of amides is 1. The zero-order valence-electron chi connectivity index (χ0n) is 14.0. The molecule has 26 heavy (non-hydrogen) atoms. The van der Waals surface area contributed by atoms with E-state index in [4.69, 9.17) is 9.47 Å². The fourth-order valence-electron chi connectivity index (χ4n) is 2.53. The predicted octanol–water partition coefficient (Wildman–Crippen LogP) is 4.41. The molecule has 3 aromatic carbocycles. The first-order valence-corrected chi connectivity index (χ1v) is 8.66. The minimum absolute atomic E-state index is 0.329. The van der Waals surface area contributed by atoms with Crippen molar-refractivity contribution < 1.29 is 19.1 Å². The van der Waals surface area contributed by atoms with Gasteiger partial charge in [0, 0.05) is 11.1 Å². The zero-order chi connectivity index (χ0) is 18.5. The Bertz CT molecular complexity index is 966. The van der Waals surface area contributed by atoms with Crippen LogP contribution in [0, 0.1) is 0 Å². The van der Waals surface area contributed by atoms with E-state index in [0.29, 0.717) is 21.5 Å². The standard InChI is InChI=1S/C20H16BrNO4/c1-25-18-10-9-14(11-16(18)21)20(24)26-12-19(23)22-17-8-4-6-13-5-2-3-7-15(13)17/h2-11H,12H2,1H3,(H,22,23). The fourth-order valence-corrected chi connectivity index (χ4v) is 3.07. The Morgan fingerprint density at radius 2 is 1.81 bits per heavy atom. The summed E-state index contributed by atoms with van der Waals surface area (Å²) in [7, 11) is 1.54. The van der Waals surface area contributed by atoms with Gasteiger partial charge in [-0.25, -0.2) is 4.79 Å². The molecule has 6 heteroatoms. The van der Waals surface area contributed by atoms with Gasteiger partial charge in [-0.15, -0.1) is 0 Å². The molecule has 0 aliphatic carbocycles. The highest BCUT2D eigenvalue weighted by molar-refractivity contribution is 9.10. The third-order valence-electron chi connectivity index (χ3n) is 3.79. The summed E-state index contributed by atoms with van der Waals surface area (Å²) >= 11 is 3.31. The Morgan fingerprint density at radius 3 is 2.58 bits per heavy atom. The van der Waals surface area contributed by atoms with Crippen molar-refractivity contribution in [2.45, 2.75) is 0 Å². The van der Waals surface area contributed by atoms with Crippen molar-refractivity contribution in [2.75, 3.05) is 19.0 Å². The van der Waals surface area contributed by atoms with Crippen LogP contribution in [-0.2, 0) is 9.53 Å². The van der Waals surface area contributed by atoms with Crippen molar-refractivity contribution in [2.24, 2.45) is 0 Å². The Hall–Kier alpha value is -2.86. The molecule has 0 spiro atoms.